The molecule has 1 heterocycles. The highest BCUT2D eigenvalue weighted by molar-refractivity contribution is 9.10. The molecule has 0 bridgehead atoms. The van der Waals surface area contributed by atoms with Crippen molar-refractivity contribution in [1.82, 2.24) is 10.2 Å². The van der Waals surface area contributed by atoms with Crippen LogP contribution in [0.5, 0.6) is 5.75 Å². The second kappa shape index (κ2) is 8.25. The van der Waals surface area contributed by atoms with Crippen molar-refractivity contribution in [1.29, 1.82) is 0 Å². The Bertz CT molecular complexity index is 735. The number of halogens is 3. The first-order valence-electron chi connectivity index (χ1n) is 8.42. The average Bonchev–Trinajstić information content (AvgIpc) is 2.60. The summed E-state index contributed by atoms with van der Waals surface area (Å²) in [6, 6.07) is 9.22. The van der Waals surface area contributed by atoms with Crippen molar-refractivity contribution in [3.05, 3.63) is 63.6 Å². The zero-order valence-electron chi connectivity index (χ0n) is 14.1. The average molecular weight is 411 g/mol. The van der Waals surface area contributed by atoms with E-state index in [1.807, 2.05) is 25.1 Å². The number of piperazine rings is 1. The van der Waals surface area contributed by atoms with E-state index in [1.165, 1.54) is 12.1 Å². The number of benzene rings is 2. The van der Waals surface area contributed by atoms with E-state index in [4.69, 9.17) is 4.74 Å². The van der Waals surface area contributed by atoms with Crippen LogP contribution in [0, 0.1) is 11.6 Å². The van der Waals surface area contributed by atoms with E-state index in [1.54, 1.807) is 0 Å². The molecule has 3 rings (SSSR count). The maximum Gasteiger partial charge on any atom is 0.131 e. The van der Waals surface area contributed by atoms with Crippen molar-refractivity contribution in [2.45, 2.75) is 13.0 Å². The fraction of sp³-hybridized carbons (Fsp3) is 0.368. The molecular weight excluding hydrogens is 390 g/mol. The monoisotopic (exact) mass is 410 g/mol. The van der Waals surface area contributed by atoms with Crippen molar-refractivity contribution in [3.8, 4) is 5.75 Å². The molecule has 1 unspecified atom stereocenters. The van der Waals surface area contributed by atoms with Crippen LogP contribution in [0.3, 0.4) is 0 Å². The number of ether oxygens (including phenoxy) is 1. The van der Waals surface area contributed by atoms with Crippen LogP contribution in [0.2, 0.25) is 0 Å². The van der Waals surface area contributed by atoms with Gasteiger partial charge in [-0.05, 0) is 31.2 Å². The summed E-state index contributed by atoms with van der Waals surface area (Å²) in [6.07, 6.45) is 0. The smallest absolute Gasteiger partial charge is 0.131 e. The molecule has 0 saturated carbocycles. The normalized spacial score (nSPS) is 16.6. The molecule has 0 amide bonds. The Balaban J connectivity index is 2.12. The van der Waals surface area contributed by atoms with Crippen LogP contribution < -0.4 is 10.1 Å². The van der Waals surface area contributed by atoms with Crippen LogP contribution in [0.15, 0.2) is 40.9 Å². The van der Waals surface area contributed by atoms with Crippen LogP contribution in [0.4, 0.5) is 8.78 Å². The lowest BCUT2D eigenvalue weighted by atomic mass is 9.95. The van der Waals surface area contributed by atoms with Crippen molar-refractivity contribution >= 4 is 15.9 Å². The van der Waals surface area contributed by atoms with Gasteiger partial charge in [0.05, 0.1) is 12.6 Å². The summed E-state index contributed by atoms with van der Waals surface area (Å²) in [5.41, 5.74) is 1.34. The number of hydrogen-bond donors (Lipinski definition) is 1. The fourth-order valence-corrected chi connectivity index (χ4v) is 3.62. The van der Waals surface area contributed by atoms with E-state index >= 15 is 0 Å². The van der Waals surface area contributed by atoms with Crippen LogP contribution in [-0.4, -0.2) is 37.7 Å². The summed E-state index contributed by atoms with van der Waals surface area (Å²) in [4.78, 5) is 2.21. The summed E-state index contributed by atoms with van der Waals surface area (Å²) in [6.45, 7) is 5.66. The first-order valence-corrected chi connectivity index (χ1v) is 9.21. The van der Waals surface area contributed by atoms with Gasteiger partial charge in [0.2, 0.25) is 0 Å². The second-order valence-electron chi connectivity index (χ2n) is 5.97. The van der Waals surface area contributed by atoms with E-state index in [0.717, 1.165) is 48.0 Å². The molecule has 1 saturated heterocycles. The largest absolute Gasteiger partial charge is 0.494 e. The predicted molar refractivity (Wildman–Crippen MR) is 98.0 cm³/mol. The van der Waals surface area contributed by atoms with E-state index in [0.29, 0.717) is 12.2 Å². The molecular formula is C19H21BrF2N2O. The highest BCUT2D eigenvalue weighted by Crippen LogP contribution is 2.38. The quantitative estimate of drug-likeness (QED) is 0.801. The Morgan fingerprint density at radius 3 is 2.56 bits per heavy atom. The minimum atomic E-state index is -0.570. The number of nitrogens with one attached hydrogen (secondary N) is 1. The molecule has 1 aliphatic rings. The van der Waals surface area contributed by atoms with Gasteiger partial charge in [0.15, 0.2) is 0 Å². The lowest BCUT2D eigenvalue weighted by molar-refractivity contribution is 0.191. The van der Waals surface area contributed by atoms with Gasteiger partial charge in [0, 0.05) is 47.8 Å². The van der Waals surface area contributed by atoms with Crippen LogP contribution in [0.25, 0.3) is 0 Å². The third-order valence-corrected chi connectivity index (χ3v) is 4.83. The van der Waals surface area contributed by atoms with Crippen molar-refractivity contribution in [2.75, 3.05) is 32.8 Å². The molecule has 2 aromatic rings. The maximum absolute atomic E-state index is 14.6. The minimum absolute atomic E-state index is 0.332. The first kappa shape index (κ1) is 18.3. The zero-order chi connectivity index (χ0) is 17.8. The second-order valence-corrected chi connectivity index (χ2v) is 6.89. The lowest BCUT2D eigenvalue weighted by Gasteiger charge is -2.36. The fourth-order valence-electron chi connectivity index (χ4n) is 3.24. The van der Waals surface area contributed by atoms with Crippen molar-refractivity contribution in [2.24, 2.45) is 0 Å². The molecule has 1 atom stereocenters. The Labute approximate surface area is 155 Å². The van der Waals surface area contributed by atoms with Crippen LogP contribution in [-0.2, 0) is 0 Å². The number of hydrogen-bond acceptors (Lipinski definition) is 3. The molecule has 1 N–H and O–H groups in total. The SMILES string of the molecule is CCOc1ccc(Br)cc1C(c1ccc(F)cc1F)N1CCNCC1. The van der Waals surface area contributed by atoms with Gasteiger partial charge < -0.3 is 10.1 Å². The van der Waals surface area contributed by atoms with Gasteiger partial charge in [-0.1, -0.05) is 22.0 Å². The molecule has 0 radical (unpaired) electrons. The van der Waals surface area contributed by atoms with Gasteiger partial charge in [0.25, 0.3) is 0 Å². The molecule has 6 heteroatoms. The molecule has 25 heavy (non-hydrogen) atoms. The number of rotatable bonds is 5. The molecule has 1 aliphatic heterocycles. The molecule has 3 nitrogen and oxygen atoms in total. The summed E-state index contributed by atoms with van der Waals surface area (Å²) >= 11 is 3.50. The van der Waals surface area contributed by atoms with E-state index in [2.05, 4.69) is 26.1 Å². The summed E-state index contributed by atoms with van der Waals surface area (Å²) in [5, 5.41) is 3.31. The van der Waals surface area contributed by atoms with Gasteiger partial charge in [-0.2, -0.15) is 0 Å². The highest BCUT2D eigenvalue weighted by atomic mass is 79.9. The molecule has 1 fully saturated rings. The maximum atomic E-state index is 14.6. The van der Waals surface area contributed by atoms with Crippen molar-refractivity contribution in [3.63, 3.8) is 0 Å². The Morgan fingerprint density at radius 2 is 1.88 bits per heavy atom. The molecule has 0 spiro atoms. The topological polar surface area (TPSA) is 24.5 Å². The third kappa shape index (κ3) is 4.19. The van der Waals surface area contributed by atoms with Crippen LogP contribution in [0.1, 0.15) is 24.1 Å². The standard InChI is InChI=1S/C19H21BrF2N2O/c1-2-25-18-6-3-13(20)11-16(18)19(24-9-7-23-8-10-24)15-5-4-14(21)12-17(15)22/h3-6,11-12,19,23H,2,7-10H2,1H3. The molecule has 134 valence electrons. The first-order chi connectivity index (χ1) is 12.1. The van der Waals surface area contributed by atoms with E-state index < -0.39 is 11.6 Å². The predicted octanol–water partition coefficient (Wildman–Crippen LogP) is 4.12. The summed E-state index contributed by atoms with van der Waals surface area (Å²) in [5.74, 6) is -0.386. The van der Waals surface area contributed by atoms with Gasteiger partial charge in [-0.25, -0.2) is 8.78 Å². The van der Waals surface area contributed by atoms with E-state index in [-0.39, 0.29) is 6.04 Å². The lowest BCUT2D eigenvalue weighted by Crippen LogP contribution is -2.45. The Morgan fingerprint density at radius 1 is 1.12 bits per heavy atom. The summed E-state index contributed by atoms with van der Waals surface area (Å²) in [7, 11) is 0. The molecule has 2 aromatic carbocycles. The number of nitrogens with zero attached hydrogens (tertiary/aromatic N) is 1. The van der Waals surface area contributed by atoms with Gasteiger partial charge in [-0.15, -0.1) is 0 Å². The molecule has 0 aliphatic carbocycles. The van der Waals surface area contributed by atoms with Gasteiger partial charge >= 0.3 is 0 Å². The van der Waals surface area contributed by atoms with Crippen LogP contribution >= 0.6 is 15.9 Å². The van der Waals surface area contributed by atoms with E-state index in [9.17, 15) is 8.78 Å². The Hall–Kier alpha value is -1.50. The summed E-state index contributed by atoms with van der Waals surface area (Å²) < 4.78 is 34.7. The third-order valence-electron chi connectivity index (χ3n) is 4.34. The Kier molecular flexibility index (Phi) is 6.04. The highest BCUT2D eigenvalue weighted by Gasteiger charge is 2.29. The van der Waals surface area contributed by atoms with Gasteiger partial charge in [-0.3, -0.25) is 4.90 Å². The van der Waals surface area contributed by atoms with Gasteiger partial charge in [0.1, 0.15) is 17.4 Å². The zero-order valence-corrected chi connectivity index (χ0v) is 15.7. The van der Waals surface area contributed by atoms with Crippen molar-refractivity contribution < 1.29 is 13.5 Å². The minimum Gasteiger partial charge on any atom is -0.494 e. The molecule has 0 aromatic heterocycles.